The second kappa shape index (κ2) is 13.1. The summed E-state index contributed by atoms with van der Waals surface area (Å²) in [5.74, 6) is -0.715. The molecule has 3 aromatic rings. The second-order valence-corrected chi connectivity index (χ2v) is 13.2. The van der Waals surface area contributed by atoms with Gasteiger partial charge in [0.2, 0.25) is 11.8 Å². The summed E-state index contributed by atoms with van der Waals surface area (Å²) in [5.41, 5.74) is 4.15. The van der Waals surface area contributed by atoms with Crippen molar-refractivity contribution in [1.82, 2.24) is 10.2 Å². The number of hydrogen-bond acceptors (Lipinski definition) is 4. The highest BCUT2D eigenvalue weighted by molar-refractivity contribution is 7.92. The summed E-state index contributed by atoms with van der Waals surface area (Å²) < 4.78 is 29.1. The van der Waals surface area contributed by atoms with Gasteiger partial charge in [-0.25, -0.2) is 8.42 Å². The van der Waals surface area contributed by atoms with Crippen LogP contribution in [0.3, 0.4) is 0 Å². The fraction of sp³-hybridized carbons (Fsp3) is 0.375. The number of sulfonamides is 1. The molecule has 1 aliphatic rings. The summed E-state index contributed by atoms with van der Waals surface area (Å²) in [5, 5.41) is 3.50. The van der Waals surface area contributed by atoms with Gasteiger partial charge < -0.3 is 10.2 Å². The summed E-state index contributed by atoms with van der Waals surface area (Å²) in [6, 6.07) is 18.2. The molecule has 1 saturated carbocycles. The number of hydrogen-bond donors (Lipinski definition) is 1. The van der Waals surface area contributed by atoms with Gasteiger partial charge in [-0.3, -0.25) is 13.9 Å². The van der Waals surface area contributed by atoms with Gasteiger partial charge in [-0.05, 0) is 93.6 Å². The molecule has 0 spiro atoms. The van der Waals surface area contributed by atoms with Crippen molar-refractivity contribution >= 4 is 39.1 Å². The van der Waals surface area contributed by atoms with E-state index in [0.29, 0.717) is 10.7 Å². The van der Waals surface area contributed by atoms with Crippen molar-refractivity contribution in [2.75, 3.05) is 10.8 Å². The highest BCUT2D eigenvalue weighted by Crippen LogP contribution is 2.27. The minimum absolute atomic E-state index is 0.0187. The molecule has 0 heterocycles. The largest absolute Gasteiger partial charge is 0.352 e. The number of amides is 2. The molecule has 7 nitrogen and oxygen atoms in total. The van der Waals surface area contributed by atoms with Crippen LogP contribution in [-0.4, -0.2) is 43.8 Å². The van der Waals surface area contributed by atoms with Gasteiger partial charge >= 0.3 is 0 Å². The number of benzene rings is 3. The standard InChI is InChI=1S/C32H38ClN3O4S/c1-22-8-7-9-26(18-22)20-35(25(4)32(38)34-28-10-5-6-11-28)31(37)21-36(29-15-12-23(2)24(3)19-29)41(39,40)30-16-13-27(33)14-17-30/h7-9,12-19,25,28H,5-6,10-11,20-21H2,1-4H3,(H,34,38). The average molecular weight is 596 g/mol. The van der Waals surface area contributed by atoms with E-state index in [4.69, 9.17) is 11.6 Å². The van der Waals surface area contributed by atoms with Crippen LogP contribution in [0.25, 0.3) is 0 Å². The number of rotatable bonds is 10. The lowest BCUT2D eigenvalue weighted by Gasteiger charge is -2.32. The van der Waals surface area contributed by atoms with Crippen LogP contribution in [0.4, 0.5) is 5.69 Å². The van der Waals surface area contributed by atoms with Crippen LogP contribution in [0, 0.1) is 20.8 Å². The molecule has 0 aromatic heterocycles. The van der Waals surface area contributed by atoms with Crippen molar-refractivity contribution in [3.05, 3.63) is 94.0 Å². The van der Waals surface area contributed by atoms with Gasteiger partial charge in [0.05, 0.1) is 10.6 Å². The molecular formula is C32H38ClN3O4S. The Morgan fingerprint density at radius 3 is 2.27 bits per heavy atom. The van der Waals surface area contributed by atoms with Crippen molar-refractivity contribution in [2.24, 2.45) is 0 Å². The maximum atomic E-state index is 14.1. The zero-order valence-electron chi connectivity index (χ0n) is 24.1. The maximum absolute atomic E-state index is 14.1. The van der Waals surface area contributed by atoms with Crippen molar-refractivity contribution in [3.8, 4) is 0 Å². The smallest absolute Gasteiger partial charge is 0.264 e. The van der Waals surface area contributed by atoms with Gasteiger partial charge in [0.1, 0.15) is 12.6 Å². The van der Waals surface area contributed by atoms with E-state index < -0.39 is 28.5 Å². The molecule has 218 valence electrons. The summed E-state index contributed by atoms with van der Waals surface area (Å²) in [7, 11) is -4.15. The predicted molar refractivity (Wildman–Crippen MR) is 163 cm³/mol. The number of anilines is 1. The Bertz CT molecular complexity index is 1500. The molecule has 4 rings (SSSR count). The molecule has 1 N–H and O–H groups in total. The molecule has 1 unspecified atom stereocenters. The van der Waals surface area contributed by atoms with Gasteiger partial charge in [-0.15, -0.1) is 0 Å². The molecule has 0 radical (unpaired) electrons. The topological polar surface area (TPSA) is 86.8 Å². The minimum Gasteiger partial charge on any atom is -0.352 e. The van der Waals surface area contributed by atoms with Gasteiger partial charge in [-0.2, -0.15) is 0 Å². The van der Waals surface area contributed by atoms with Crippen molar-refractivity contribution in [2.45, 2.75) is 76.9 Å². The van der Waals surface area contributed by atoms with Gasteiger partial charge in [-0.1, -0.05) is 60.3 Å². The second-order valence-electron chi connectivity index (χ2n) is 10.9. The zero-order chi connectivity index (χ0) is 29.7. The third-order valence-electron chi connectivity index (χ3n) is 7.76. The molecule has 3 aromatic carbocycles. The molecule has 1 atom stereocenters. The highest BCUT2D eigenvalue weighted by atomic mass is 35.5. The van der Waals surface area contributed by atoms with Crippen molar-refractivity contribution in [1.29, 1.82) is 0 Å². The Morgan fingerprint density at radius 1 is 0.951 bits per heavy atom. The minimum atomic E-state index is -4.15. The van der Waals surface area contributed by atoms with E-state index in [-0.39, 0.29) is 23.4 Å². The van der Waals surface area contributed by atoms with Crippen LogP contribution in [-0.2, 0) is 26.2 Å². The molecule has 1 fully saturated rings. The van der Waals surface area contributed by atoms with Crippen LogP contribution in [0.1, 0.15) is 54.9 Å². The average Bonchev–Trinajstić information content (AvgIpc) is 3.44. The first-order valence-electron chi connectivity index (χ1n) is 14.0. The number of halogens is 1. The Hall–Kier alpha value is -3.36. The summed E-state index contributed by atoms with van der Waals surface area (Å²) >= 11 is 6.03. The SMILES string of the molecule is Cc1cccc(CN(C(=O)CN(c2ccc(C)c(C)c2)S(=O)(=O)c2ccc(Cl)cc2)C(C)C(=O)NC2CCCC2)c1. The van der Waals surface area contributed by atoms with E-state index >= 15 is 0 Å². The number of carbonyl (C=O) groups excluding carboxylic acids is 2. The van der Waals surface area contributed by atoms with Crippen LogP contribution in [0.5, 0.6) is 0 Å². The molecular weight excluding hydrogens is 558 g/mol. The van der Waals surface area contributed by atoms with Crippen LogP contribution < -0.4 is 9.62 Å². The molecule has 0 bridgehead atoms. The first-order valence-corrected chi connectivity index (χ1v) is 15.8. The summed E-state index contributed by atoms with van der Waals surface area (Å²) in [4.78, 5) is 28.9. The number of nitrogens with one attached hydrogen (secondary N) is 1. The Balaban J connectivity index is 1.70. The highest BCUT2D eigenvalue weighted by Gasteiger charge is 2.33. The van der Waals surface area contributed by atoms with Crippen LogP contribution >= 0.6 is 11.6 Å². The summed E-state index contributed by atoms with van der Waals surface area (Å²) in [6.07, 6.45) is 3.98. The lowest BCUT2D eigenvalue weighted by Crippen LogP contribution is -2.52. The molecule has 0 saturated heterocycles. The van der Waals surface area contributed by atoms with E-state index in [2.05, 4.69) is 5.32 Å². The lowest BCUT2D eigenvalue weighted by molar-refractivity contribution is -0.139. The first kappa shape index (κ1) is 30.6. The fourth-order valence-corrected chi connectivity index (χ4v) is 6.66. The van der Waals surface area contributed by atoms with Crippen molar-refractivity contribution < 1.29 is 18.0 Å². The van der Waals surface area contributed by atoms with Gasteiger partial charge in [0, 0.05) is 17.6 Å². The summed E-state index contributed by atoms with van der Waals surface area (Å²) in [6.45, 7) is 7.20. The van der Waals surface area contributed by atoms with Crippen LogP contribution in [0.15, 0.2) is 71.6 Å². The molecule has 0 aliphatic heterocycles. The molecule has 41 heavy (non-hydrogen) atoms. The lowest BCUT2D eigenvalue weighted by atomic mass is 10.1. The monoisotopic (exact) mass is 595 g/mol. The van der Waals surface area contributed by atoms with E-state index in [1.807, 2.05) is 51.1 Å². The molecule has 2 amide bonds. The Kier molecular flexibility index (Phi) is 9.76. The Morgan fingerprint density at radius 2 is 1.63 bits per heavy atom. The normalized spacial score (nSPS) is 14.5. The number of carbonyl (C=O) groups is 2. The van der Waals surface area contributed by atoms with Crippen LogP contribution in [0.2, 0.25) is 5.02 Å². The predicted octanol–water partition coefficient (Wildman–Crippen LogP) is 5.94. The third-order valence-corrected chi connectivity index (χ3v) is 9.80. The number of aryl methyl sites for hydroxylation is 3. The maximum Gasteiger partial charge on any atom is 0.264 e. The Labute approximate surface area is 248 Å². The van der Waals surface area contributed by atoms with E-state index in [1.165, 1.54) is 29.2 Å². The molecule has 1 aliphatic carbocycles. The third kappa shape index (κ3) is 7.49. The van der Waals surface area contributed by atoms with E-state index in [0.717, 1.165) is 52.2 Å². The quantitative estimate of drug-likeness (QED) is 0.314. The van der Waals surface area contributed by atoms with Gasteiger partial charge in [0.25, 0.3) is 10.0 Å². The van der Waals surface area contributed by atoms with Crippen molar-refractivity contribution in [3.63, 3.8) is 0 Å². The van der Waals surface area contributed by atoms with E-state index in [1.54, 1.807) is 19.1 Å². The zero-order valence-corrected chi connectivity index (χ0v) is 25.6. The molecule has 9 heteroatoms. The fourth-order valence-electron chi connectivity index (χ4n) is 5.13. The first-order chi connectivity index (χ1) is 19.5. The van der Waals surface area contributed by atoms with E-state index in [9.17, 15) is 18.0 Å². The number of nitrogens with zero attached hydrogens (tertiary/aromatic N) is 2. The van der Waals surface area contributed by atoms with Gasteiger partial charge in [0.15, 0.2) is 0 Å².